The molecule has 130 valence electrons. The number of rotatable bonds is 7. The first-order valence-corrected chi connectivity index (χ1v) is 7.99. The summed E-state index contributed by atoms with van der Waals surface area (Å²) in [7, 11) is 5.75. The highest BCUT2D eigenvalue weighted by Crippen LogP contribution is 2.17. The third-order valence-corrected chi connectivity index (χ3v) is 3.81. The van der Waals surface area contributed by atoms with E-state index in [4.69, 9.17) is 4.42 Å². The number of hydrogen-bond acceptors (Lipinski definition) is 3. The highest BCUT2D eigenvalue weighted by Gasteiger charge is 2.14. The van der Waals surface area contributed by atoms with Gasteiger partial charge in [-0.25, -0.2) is 4.39 Å². The van der Waals surface area contributed by atoms with Crippen LogP contribution in [0.15, 0.2) is 52.1 Å². The first-order valence-electron chi connectivity index (χ1n) is 7.99. The quantitative estimate of drug-likeness (QED) is 0.604. The number of furan rings is 1. The van der Waals surface area contributed by atoms with Gasteiger partial charge in [0.1, 0.15) is 11.6 Å². The summed E-state index contributed by atoms with van der Waals surface area (Å²) in [5.74, 6) is 1.45. The van der Waals surface area contributed by atoms with Gasteiger partial charge in [-0.2, -0.15) is 0 Å². The molecule has 6 heteroatoms. The van der Waals surface area contributed by atoms with Crippen molar-refractivity contribution in [3.8, 4) is 0 Å². The summed E-state index contributed by atoms with van der Waals surface area (Å²) >= 11 is 0. The highest BCUT2D eigenvalue weighted by atomic mass is 19.1. The van der Waals surface area contributed by atoms with Gasteiger partial charge >= 0.3 is 0 Å². The molecule has 24 heavy (non-hydrogen) atoms. The Morgan fingerprint density at radius 3 is 2.54 bits per heavy atom. The predicted octanol–water partition coefficient (Wildman–Crippen LogP) is 2.43. The van der Waals surface area contributed by atoms with Crippen LogP contribution in [0.25, 0.3) is 0 Å². The second kappa shape index (κ2) is 9.08. The van der Waals surface area contributed by atoms with Crippen LogP contribution in [-0.2, 0) is 6.42 Å². The van der Waals surface area contributed by atoms with Gasteiger partial charge in [-0.3, -0.25) is 4.99 Å². The Kier molecular flexibility index (Phi) is 6.81. The molecule has 2 aromatic rings. The summed E-state index contributed by atoms with van der Waals surface area (Å²) in [4.78, 5) is 6.32. The highest BCUT2D eigenvalue weighted by molar-refractivity contribution is 5.79. The zero-order chi connectivity index (χ0) is 17.4. The predicted molar refractivity (Wildman–Crippen MR) is 94.6 cm³/mol. The Morgan fingerprint density at radius 1 is 1.21 bits per heavy atom. The first kappa shape index (κ1) is 18.0. The van der Waals surface area contributed by atoms with E-state index in [1.165, 1.54) is 12.1 Å². The fraction of sp³-hybridized carbons (Fsp3) is 0.389. The Labute approximate surface area is 142 Å². The van der Waals surface area contributed by atoms with Crippen molar-refractivity contribution in [2.45, 2.75) is 12.5 Å². The van der Waals surface area contributed by atoms with Gasteiger partial charge in [-0.1, -0.05) is 12.1 Å². The Morgan fingerprint density at radius 2 is 1.96 bits per heavy atom. The van der Waals surface area contributed by atoms with E-state index >= 15 is 0 Å². The van der Waals surface area contributed by atoms with Crippen molar-refractivity contribution in [3.05, 3.63) is 59.8 Å². The van der Waals surface area contributed by atoms with Gasteiger partial charge in [0.2, 0.25) is 0 Å². The lowest BCUT2D eigenvalue weighted by atomic mass is 10.1. The molecule has 1 aromatic carbocycles. The maximum atomic E-state index is 13.1. The molecule has 1 atom stereocenters. The molecule has 1 unspecified atom stereocenters. The van der Waals surface area contributed by atoms with Crippen LogP contribution in [0, 0.1) is 5.82 Å². The van der Waals surface area contributed by atoms with E-state index in [0.717, 1.165) is 30.2 Å². The van der Waals surface area contributed by atoms with Crippen LogP contribution in [-0.4, -0.2) is 45.1 Å². The summed E-state index contributed by atoms with van der Waals surface area (Å²) in [6.45, 7) is 1.40. The molecule has 1 heterocycles. The zero-order valence-electron chi connectivity index (χ0n) is 14.4. The number of nitrogens with one attached hydrogen (secondary N) is 2. The Hall–Kier alpha value is -2.34. The van der Waals surface area contributed by atoms with Crippen LogP contribution in [0.1, 0.15) is 17.4 Å². The van der Waals surface area contributed by atoms with Crippen molar-refractivity contribution < 1.29 is 8.81 Å². The maximum Gasteiger partial charge on any atom is 0.191 e. The summed E-state index contributed by atoms with van der Waals surface area (Å²) in [6.07, 6.45) is 2.47. The minimum Gasteiger partial charge on any atom is -0.469 e. The standard InChI is InChI=1S/C18H25FN4O/c1-20-18(21-11-10-16-5-4-12-24-16)22-13-17(23(2)3)14-6-8-15(19)9-7-14/h4-9,12,17H,10-11,13H2,1-3H3,(H2,20,21,22). The lowest BCUT2D eigenvalue weighted by Gasteiger charge is -2.26. The smallest absolute Gasteiger partial charge is 0.191 e. The van der Waals surface area contributed by atoms with E-state index in [1.54, 1.807) is 13.3 Å². The van der Waals surface area contributed by atoms with Crippen molar-refractivity contribution in [1.29, 1.82) is 0 Å². The molecule has 2 N–H and O–H groups in total. The van der Waals surface area contributed by atoms with Crippen LogP contribution in [0.4, 0.5) is 4.39 Å². The van der Waals surface area contributed by atoms with E-state index in [0.29, 0.717) is 6.54 Å². The molecule has 0 saturated heterocycles. The van der Waals surface area contributed by atoms with Gasteiger partial charge in [0.05, 0.1) is 12.3 Å². The normalized spacial score (nSPS) is 13.1. The number of benzene rings is 1. The summed E-state index contributed by atoms with van der Waals surface area (Å²) in [5, 5.41) is 6.58. The largest absolute Gasteiger partial charge is 0.469 e. The molecule has 2 rings (SSSR count). The third kappa shape index (κ3) is 5.38. The van der Waals surface area contributed by atoms with Crippen molar-refractivity contribution >= 4 is 5.96 Å². The van der Waals surface area contributed by atoms with E-state index < -0.39 is 0 Å². The van der Waals surface area contributed by atoms with Crippen molar-refractivity contribution in [1.82, 2.24) is 15.5 Å². The van der Waals surface area contributed by atoms with Crippen molar-refractivity contribution in [2.24, 2.45) is 4.99 Å². The van der Waals surface area contributed by atoms with E-state index in [1.807, 2.05) is 38.4 Å². The topological polar surface area (TPSA) is 52.8 Å². The molecule has 0 aliphatic carbocycles. The molecule has 0 fully saturated rings. The fourth-order valence-corrected chi connectivity index (χ4v) is 2.46. The lowest BCUT2D eigenvalue weighted by Crippen LogP contribution is -2.42. The number of nitrogens with zero attached hydrogens (tertiary/aromatic N) is 2. The van der Waals surface area contributed by atoms with Gasteiger partial charge in [0.25, 0.3) is 0 Å². The fourth-order valence-electron chi connectivity index (χ4n) is 2.46. The lowest BCUT2D eigenvalue weighted by molar-refractivity contribution is 0.298. The number of hydrogen-bond donors (Lipinski definition) is 2. The molecule has 5 nitrogen and oxygen atoms in total. The molecule has 0 aliphatic heterocycles. The van der Waals surface area contributed by atoms with Crippen molar-refractivity contribution in [3.63, 3.8) is 0 Å². The van der Waals surface area contributed by atoms with Gasteiger partial charge < -0.3 is 20.0 Å². The molecule has 0 saturated carbocycles. The van der Waals surface area contributed by atoms with Gasteiger partial charge in [0, 0.05) is 26.6 Å². The van der Waals surface area contributed by atoms with Crippen LogP contribution < -0.4 is 10.6 Å². The maximum absolute atomic E-state index is 13.1. The monoisotopic (exact) mass is 332 g/mol. The molecular formula is C18H25FN4O. The molecule has 0 spiro atoms. The molecule has 1 aromatic heterocycles. The molecule has 0 bridgehead atoms. The van der Waals surface area contributed by atoms with Crippen LogP contribution >= 0.6 is 0 Å². The number of halogens is 1. The minimum atomic E-state index is -0.223. The summed E-state index contributed by atoms with van der Waals surface area (Å²) in [6, 6.07) is 10.6. The average molecular weight is 332 g/mol. The van der Waals surface area contributed by atoms with E-state index in [2.05, 4.69) is 20.5 Å². The van der Waals surface area contributed by atoms with Crippen LogP contribution in [0.2, 0.25) is 0 Å². The van der Waals surface area contributed by atoms with Crippen LogP contribution in [0.5, 0.6) is 0 Å². The van der Waals surface area contributed by atoms with Gasteiger partial charge in [-0.15, -0.1) is 0 Å². The average Bonchev–Trinajstić information content (AvgIpc) is 3.08. The molecular weight excluding hydrogens is 307 g/mol. The van der Waals surface area contributed by atoms with Crippen molar-refractivity contribution in [2.75, 3.05) is 34.2 Å². The van der Waals surface area contributed by atoms with Gasteiger partial charge in [-0.05, 0) is 43.9 Å². The molecule has 0 amide bonds. The molecule has 0 radical (unpaired) electrons. The summed E-state index contributed by atoms with van der Waals surface area (Å²) in [5.41, 5.74) is 1.06. The zero-order valence-corrected chi connectivity index (χ0v) is 14.4. The third-order valence-electron chi connectivity index (χ3n) is 3.81. The van der Waals surface area contributed by atoms with Crippen LogP contribution in [0.3, 0.4) is 0 Å². The number of likely N-dealkylation sites (N-methyl/N-ethyl adjacent to an activating group) is 1. The molecule has 0 aliphatic rings. The Balaban J connectivity index is 1.86. The second-order valence-corrected chi connectivity index (χ2v) is 5.74. The SMILES string of the molecule is CN=C(NCCc1ccco1)NCC(c1ccc(F)cc1)N(C)C. The number of guanidine groups is 1. The number of aliphatic imine (C=N–C) groups is 1. The van der Waals surface area contributed by atoms with E-state index in [-0.39, 0.29) is 11.9 Å². The first-order chi connectivity index (χ1) is 11.6. The second-order valence-electron chi connectivity index (χ2n) is 5.74. The van der Waals surface area contributed by atoms with E-state index in [9.17, 15) is 4.39 Å². The minimum absolute atomic E-state index is 0.120. The Bertz CT molecular complexity index is 623. The van der Waals surface area contributed by atoms with Gasteiger partial charge in [0.15, 0.2) is 5.96 Å². The summed E-state index contributed by atoms with van der Waals surface area (Å²) < 4.78 is 18.4.